The van der Waals surface area contributed by atoms with Crippen LogP contribution in [0.25, 0.3) is 0 Å². The lowest BCUT2D eigenvalue weighted by atomic mass is 9.96. The third kappa shape index (κ3) is 4.61. The van der Waals surface area contributed by atoms with Crippen molar-refractivity contribution in [3.63, 3.8) is 0 Å². The first-order chi connectivity index (χ1) is 8.84. The van der Waals surface area contributed by atoms with Gasteiger partial charge >= 0.3 is 0 Å². The number of ether oxygens (including phenoxy) is 1. The Balaban J connectivity index is 1.52. The fraction of sp³-hybridized carbons (Fsp3) is 0.562. The van der Waals surface area contributed by atoms with Crippen LogP contribution in [0.4, 0.5) is 0 Å². The van der Waals surface area contributed by atoms with Crippen LogP contribution in [-0.4, -0.2) is 18.5 Å². The van der Waals surface area contributed by atoms with Crippen molar-refractivity contribution in [2.24, 2.45) is 0 Å². The molecule has 0 N–H and O–H groups in total. The maximum absolute atomic E-state index is 11.1. The van der Waals surface area contributed by atoms with Gasteiger partial charge in [0, 0.05) is 19.4 Å². The third-order valence-electron chi connectivity index (χ3n) is 3.55. The van der Waals surface area contributed by atoms with E-state index in [9.17, 15) is 4.79 Å². The molecule has 0 spiro atoms. The predicted octanol–water partition coefficient (Wildman–Crippen LogP) is 3.54. The average molecular weight is 246 g/mol. The Labute approximate surface area is 109 Å². The van der Waals surface area contributed by atoms with Gasteiger partial charge in [-0.25, -0.2) is 0 Å². The van der Waals surface area contributed by atoms with E-state index in [4.69, 9.17) is 4.74 Å². The van der Waals surface area contributed by atoms with Crippen LogP contribution in [0.3, 0.4) is 0 Å². The summed E-state index contributed by atoms with van der Waals surface area (Å²) in [5, 5.41) is 0. The number of ketones is 1. The molecule has 1 aliphatic carbocycles. The van der Waals surface area contributed by atoms with E-state index in [1.165, 1.54) is 12.0 Å². The quantitative estimate of drug-likeness (QED) is 0.718. The summed E-state index contributed by atoms with van der Waals surface area (Å²) in [4.78, 5) is 11.1. The SMILES string of the molecule is O=C1CCC(OCCCCc2ccccc2)CC1. The molecule has 98 valence electrons. The highest BCUT2D eigenvalue weighted by molar-refractivity contribution is 5.79. The molecule has 0 radical (unpaired) electrons. The summed E-state index contributed by atoms with van der Waals surface area (Å²) < 4.78 is 5.82. The molecule has 1 aromatic rings. The van der Waals surface area contributed by atoms with Gasteiger partial charge in [-0.15, -0.1) is 0 Å². The topological polar surface area (TPSA) is 26.3 Å². The zero-order valence-electron chi connectivity index (χ0n) is 10.9. The molecule has 18 heavy (non-hydrogen) atoms. The van der Waals surface area contributed by atoms with Gasteiger partial charge in [-0.3, -0.25) is 4.79 Å². The van der Waals surface area contributed by atoms with Gasteiger partial charge < -0.3 is 4.74 Å². The summed E-state index contributed by atoms with van der Waals surface area (Å²) in [5.41, 5.74) is 1.40. The molecule has 0 aromatic heterocycles. The van der Waals surface area contributed by atoms with E-state index in [0.717, 1.165) is 32.3 Å². The summed E-state index contributed by atoms with van der Waals surface area (Å²) in [6.07, 6.45) is 7.04. The molecule has 1 aromatic carbocycles. The molecule has 1 aliphatic rings. The van der Waals surface area contributed by atoms with Crippen LogP contribution in [0.2, 0.25) is 0 Å². The second-order valence-electron chi connectivity index (χ2n) is 5.05. The zero-order valence-corrected chi connectivity index (χ0v) is 10.9. The van der Waals surface area contributed by atoms with E-state index in [0.29, 0.717) is 24.7 Å². The minimum atomic E-state index is 0.333. The van der Waals surface area contributed by atoms with Gasteiger partial charge in [0.2, 0.25) is 0 Å². The highest BCUT2D eigenvalue weighted by Gasteiger charge is 2.18. The standard InChI is InChI=1S/C16H22O2/c17-15-9-11-16(12-10-15)18-13-5-4-8-14-6-2-1-3-7-14/h1-3,6-7,16H,4-5,8-13H2. The lowest BCUT2D eigenvalue weighted by Crippen LogP contribution is -2.21. The number of hydrogen-bond acceptors (Lipinski definition) is 2. The first kappa shape index (κ1) is 13.3. The molecule has 1 fully saturated rings. The van der Waals surface area contributed by atoms with Crippen LogP contribution >= 0.6 is 0 Å². The molecule has 0 heterocycles. The third-order valence-corrected chi connectivity index (χ3v) is 3.55. The summed E-state index contributed by atoms with van der Waals surface area (Å²) >= 11 is 0. The summed E-state index contributed by atoms with van der Waals surface area (Å²) in [6.45, 7) is 0.839. The van der Waals surface area contributed by atoms with Crippen LogP contribution in [0, 0.1) is 0 Å². The number of unbranched alkanes of at least 4 members (excludes halogenated alkanes) is 1. The van der Waals surface area contributed by atoms with E-state index in [-0.39, 0.29) is 0 Å². The molecular formula is C16H22O2. The summed E-state index contributed by atoms with van der Waals surface area (Å²) in [6, 6.07) is 10.6. The molecule has 0 aliphatic heterocycles. The minimum Gasteiger partial charge on any atom is -0.378 e. The first-order valence-electron chi connectivity index (χ1n) is 7.02. The largest absolute Gasteiger partial charge is 0.378 e. The van der Waals surface area contributed by atoms with E-state index in [1.54, 1.807) is 0 Å². The smallest absolute Gasteiger partial charge is 0.133 e. The van der Waals surface area contributed by atoms with Crippen molar-refractivity contribution in [3.8, 4) is 0 Å². The van der Waals surface area contributed by atoms with Gasteiger partial charge in [0.15, 0.2) is 0 Å². The van der Waals surface area contributed by atoms with E-state index in [2.05, 4.69) is 30.3 Å². The van der Waals surface area contributed by atoms with E-state index in [1.807, 2.05) is 0 Å². The van der Waals surface area contributed by atoms with Crippen LogP contribution in [0.15, 0.2) is 30.3 Å². The van der Waals surface area contributed by atoms with Crippen LogP contribution in [0.5, 0.6) is 0 Å². The van der Waals surface area contributed by atoms with Crippen molar-refractivity contribution in [1.82, 2.24) is 0 Å². The maximum atomic E-state index is 11.1. The Kier molecular flexibility index (Phi) is 5.40. The normalized spacial score (nSPS) is 17.0. The number of carbonyl (C=O) groups excluding carboxylic acids is 1. The molecule has 2 rings (SSSR count). The van der Waals surface area contributed by atoms with Crippen molar-refractivity contribution >= 4 is 5.78 Å². The Hall–Kier alpha value is -1.15. The van der Waals surface area contributed by atoms with Crippen LogP contribution in [-0.2, 0) is 16.0 Å². The highest BCUT2D eigenvalue weighted by atomic mass is 16.5. The number of hydrogen-bond donors (Lipinski definition) is 0. The molecular weight excluding hydrogens is 224 g/mol. The van der Waals surface area contributed by atoms with Crippen molar-refractivity contribution < 1.29 is 9.53 Å². The average Bonchev–Trinajstić information content (AvgIpc) is 2.42. The Morgan fingerprint density at radius 3 is 2.50 bits per heavy atom. The number of rotatable bonds is 6. The molecule has 0 amide bonds. The lowest BCUT2D eigenvalue weighted by Gasteiger charge is -2.21. The summed E-state index contributed by atoms with van der Waals surface area (Å²) in [7, 11) is 0. The molecule has 0 unspecified atom stereocenters. The second kappa shape index (κ2) is 7.32. The molecule has 0 atom stereocenters. The van der Waals surface area contributed by atoms with Crippen molar-refractivity contribution in [2.75, 3.05) is 6.61 Å². The van der Waals surface area contributed by atoms with Gasteiger partial charge in [-0.2, -0.15) is 0 Å². The monoisotopic (exact) mass is 246 g/mol. The van der Waals surface area contributed by atoms with E-state index < -0.39 is 0 Å². The molecule has 0 bridgehead atoms. The van der Waals surface area contributed by atoms with Gasteiger partial charge in [-0.05, 0) is 37.7 Å². The molecule has 2 nitrogen and oxygen atoms in total. The molecule has 1 saturated carbocycles. The van der Waals surface area contributed by atoms with Crippen LogP contribution < -0.4 is 0 Å². The maximum Gasteiger partial charge on any atom is 0.133 e. The Morgan fingerprint density at radius 1 is 1.06 bits per heavy atom. The number of Topliss-reactive ketones (excluding diaryl/α,β-unsaturated/α-hetero) is 1. The van der Waals surface area contributed by atoms with Crippen molar-refractivity contribution in [1.29, 1.82) is 0 Å². The summed E-state index contributed by atoms with van der Waals surface area (Å²) in [5.74, 6) is 0.402. The predicted molar refractivity (Wildman–Crippen MR) is 72.6 cm³/mol. The number of carbonyl (C=O) groups is 1. The van der Waals surface area contributed by atoms with E-state index >= 15 is 0 Å². The minimum absolute atomic E-state index is 0.333. The van der Waals surface area contributed by atoms with Crippen LogP contribution in [0.1, 0.15) is 44.1 Å². The van der Waals surface area contributed by atoms with Gasteiger partial charge in [0.05, 0.1) is 6.10 Å². The molecule has 0 saturated heterocycles. The Morgan fingerprint density at radius 2 is 1.78 bits per heavy atom. The lowest BCUT2D eigenvalue weighted by molar-refractivity contribution is -0.123. The van der Waals surface area contributed by atoms with Crippen molar-refractivity contribution in [3.05, 3.63) is 35.9 Å². The van der Waals surface area contributed by atoms with Gasteiger partial charge in [0.1, 0.15) is 5.78 Å². The fourth-order valence-corrected chi connectivity index (χ4v) is 2.41. The first-order valence-corrected chi connectivity index (χ1v) is 7.02. The second-order valence-corrected chi connectivity index (χ2v) is 5.05. The van der Waals surface area contributed by atoms with Gasteiger partial charge in [0.25, 0.3) is 0 Å². The zero-order chi connectivity index (χ0) is 12.6. The number of benzene rings is 1. The fourth-order valence-electron chi connectivity index (χ4n) is 2.41. The van der Waals surface area contributed by atoms with Gasteiger partial charge in [-0.1, -0.05) is 30.3 Å². The Bertz CT molecular complexity index is 349. The van der Waals surface area contributed by atoms with Crippen molar-refractivity contribution in [2.45, 2.75) is 51.0 Å². The highest BCUT2D eigenvalue weighted by Crippen LogP contribution is 2.18. The molecule has 2 heteroatoms. The number of aryl methyl sites for hydroxylation is 1.